The Kier molecular flexibility index (Phi) is 4.37. The Labute approximate surface area is 138 Å². The van der Waals surface area contributed by atoms with Crippen molar-refractivity contribution in [2.45, 2.75) is 25.3 Å². The van der Waals surface area contributed by atoms with Crippen molar-refractivity contribution >= 4 is 17.5 Å². The molecule has 1 aliphatic rings. The number of ether oxygens (including phenoxy) is 1. The van der Waals surface area contributed by atoms with Crippen molar-refractivity contribution in [1.82, 2.24) is 15.3 Å². The monoisotopic (exact) mass is 337 g/mol. The van der Waals surface area contributed by atoms with Gasteiger partial charge in [-0.25, -0.2) is 9.37 Å². The van der Waals surface area contributed by atoms with Crippen LogP contribution < -0.4 is 5.32 Å². The van der Waals surface area contributed by atoms with E-state index in [1.807, 2.05) is 6.92 Å². The van der Waals surface area contributed by atoms with Crippen LogP contribution in [0.4, 0.5) is 4.39 Å². The van der Waals surface area contributed by atoms with Crippen molar-refractivity contribution < 1.29 is 13.9 Å². The van der Waals surface area contributed by atoms with Crippen LogP contribution in [0.1, 0.15) is 34.7 Å². The Morgan fingerprint density at radius 2 is 2.17 bits per heavy atom. The molecule has 0 radical (unpaired) electrons. The molecule has 2 N–H and O–H groups in total. The minimum atomic E-state index is -0.621. The van der Waals surface area contributed by atoms with Crippen molar-refractivity contribution in [1.29, 1.82) is 0 Å². The van der Waals surface area contributed by atoms with Crippen molar-refractivity contribution in [2.75, 3.05) is 13.2 Å². The molecular weight excluding hydrogens is 321 g/mol. The van der Waals surface area contributed by atoms with E-state index >= 15 is 0 Å². The molecule has 1 aliphatic heterocycles. The number of aryl methyl sites for hydroxylation is 1. The fourth-order valence-electron chi connectivity index (χ4n) is 2.72. The zero-order valence-electron chi connectivity index (χ0n) is 12.7. The second-order valence-electron chi connectivity index (χ2n) is 5.69. The Morgan fingerprint density at radius 3 is 2.78 bits per heavy atom. The predicted octanol–water partition coefficient (Wildman–Crippen LogP) is 2.95. The largest absolute Gasteiger partial charge is 0.381 e. The molecule has 1 aromatic heterocycles. The number of hydrogen-bond donors (Lipinski definition) is 2. The van der Waals surface area contributed by atoms with E-state index in [9.17, 15) is 9.18 Å². The number of nitrogens with one attached hydrogen (secondary N) is 2. The normalized spacial score (nSPS) is 17.0. The highest BCUT2D eigenvalue weighted by Crippen LogP contribution is 2.31. The van der Waals surface area contributed by atoms with Crippen LogP contribution in [0.3, 0.4) is 0 Å². The summed E-state index contributed by atoms with van der Waals surface area (Å²) in [4.78, 5) is 20.2. The van der Waals surface area contributed by atoms with Gasteiger partial charge >= 0.3 is 0 Å². The number of H-pyrrole nitrogens is 1. The first-order valence-corrected chi connectivity index (χ1v) is 7.75. The van der Waals surface area contributed by atoms with E-state index in [1.54, 1.807) is 6.20 Å². The minimum Gasteiger partial charge on any atom is -0.381 e. The number of imidazole rings is 1. The lowest BCUT2D eigenvalue weighted by Gasteiger charge is -2.36. The van der Waals surface area contributed by atoms with Crippen LogP contribution in [0.2, 0.25) is 5.02 Å². The third kappa shape index (κ3) is 3.23. The quantitative estimate of drug-likeness (QED) is 0.905. The van der Waals surface area contributed by atoms with Gasteiger partial charge in [0.25, 0.3) is 5.91 Å². The number of rotatable bonds is 3. The maximum absolute atomic E-state index is 13.3. The lowest BCUT2D eigenvalue weighted by Crippen LogP contribution is -2.50. The Morgan fingerprint density at radius 1 is 1.43 bits per heavy atom. The van der Waals surface area contributed by atoms with Crippen molar-refractivity contribution in [3.8, 4) is 0 Å². The average Bonchev–Trinajstić information content (AvgIpc) is 2.98. The Hall–Kier alpha value is -1.92. The third-order valence-corrected chi connectivity index (χ3v) is 4.33. The molecule has 0 saturated carbocycles. The van der Waals surface area contributed by atoms with E-state index in [-0.39, 0.29) is 10.9 Å². The first-order chi connectivity index (χ1) is 11.0. The molecule has 7 heteroatoms. The summed E-state index contributed by atoms with van der Waals surface area (Å²) < 4.78 is 18.7. The predicted molar refractivity (Wildman–Crippen MR) is 83.9 cm³/mol. The van der Waals surface area contributed by atoms with Gasteiger partial charge in [0.2, 0.25) is 0 Å². The molecule has 1 amide bonds. The molecule has 0 aliphatic carbocycles. The molecule has 23 heavy (non-hydrogen) atoms. The molecule has 122 valence electrons. The molecular formula is C16H17ClFN3O2. The molecule has 3 rings (SSSR count). The standard InChI is InChI=1S/C16H17ClFN3O2/c1-10-9-19-15(20-10)16(4-6-23-7-5-16)21-14(22)11-2-3-13(18)12(17)8-11/h2-3,8-9H,4-7H2,1H3,(H,19,20)(H,21,22). The van der Waals surface area contributed by atoms with Gasteiger partial charge in [0.1, 0.15) is 17.2 Å². The van der Waals surface area contributed by atoms with Gasteiger partial charge in [-0.3, -0.25) is 4.79 Å². The summed E-state index contributed by atoms with van der Waals surface area (Å²) in [6.07, 6.45) is 2.95. The first-order valence-electron chi connectivity index (χ1n) is 7.38. The van der Waals surface area contributed by atoms with E-state index < -0.39 is 11.4 Å². The summed E-state index contributed by atoms with van der Waals surface area (Å²) in [6.45, 7) is 2.97. The molecule has 1 saturated heterocycles. The highest BCUT2D eigenvalue weighted by atomic mass is 35.5. The van der Waals surface area contributed by atoms with Crippen LogP contribution in [0.25, 0.3) is 0 Å². The van der Waals surface area contributed by atoms with Crippen LogP contribution in [0, 0.1) is 12.7 Å². The van der Waals surface area contributed by atoms with Crippen molar-refractivity contribution in [2.24, 2.45) is 0 Å². The van der Waals surface area contributed by atoms with E-state index in [1.165, 1.54) is 18.2 Å². The van der Waals surface area contributed by atoms with Crippen LogP contribution in [0.15, 0.2) is 24.4 Å². The maximum atomic E-state index is 13.3. The van der Waals surface area contributed by atoms with Gasteiger partial charge < -0.3 is 15.0 Å². The summed E-state index contributed by atoms with van der Waals surface area (Å²) in [5, 5.41) is 2.95. The number of halogens is 2. The number of nitrogens with zero attached hydrogens (tertiary/aromatic N) is 1. The minimum absolute atomic E-state index is 0.0764. The second kappa shape index (κ2) is 6.29. The number of aromatic nitrogens is 2. The van der Waals surface area contributed by atoms with Crippen molar-refractivity contribution in [3.05, 3.63) is 52.3 Å². The van der Waals surface area contributed by atoms with E-state index in [2.05, 4.69) is 15.3 Å². The lowest BCUT2D eigenvalue weighted by molar-refractivity contribution is 0.0316. The highest BCUT2D eigenvalue weighted by Gasteiger charge is 2.38. The number of aromatic amines is 1. The zero-order chi connectivity index (χ0) is 16.4. The Balaban J connectivity index is 1.89. The molecule has 0 atom stereocenters. The number of carbonyl (C=O) groups excluding carboxylic acids is 1. The van der Waals surface area contributed by atoms with Gasteiger partial charge in [-0.05, 0) is 25.1 Å². The first kappa shape index (κ1) is 16.0. The molecule has 0 spiro atoms. The van der Waals surface area contributed by atoms with Gasteiger partial charge in [0.15, 0.2) is 0 Å². The van der Waals surface area contributed by atoms with Crippen molar-refractivity contribution in [3.63, 3.8) is 0 Å². The maximum Gasteiger partial charge on any atom is 0.252 e. The van der Waals surface area contributed by atoms with Gasteiger partial charge in [0.05, 0.1) is 5.02 Å². The van der Waals surface area contributed by atoms with Crippen LogP contribution in [-0.2, 0) is 10.3 Å². The van der Waals surface area contributed by atoms with Gasteiger partial charge in [0, 0.05) is 43.5 Å². The topological polar surface area (TPSA) is 67.0 Å². The van der Waals surface area contributed by atoms with Gasteiger partial charge in [-0.1, -0.05) is 11.6 Å². The fourth-order valence-corrected chi connectivity index (χ4v) is 2.90. The van der Waals surface area contributed by atoms with Crippen LogP contribution >= 0.6 is 11.6 Å². The molecule has 0 unspecified atom stereocenters. The molecule has 2 heterocycles. The summed E-state index contributed by atoms with van der Waals surface area (Å²) in [6, 6.07) is 3.93. The van der Waals surface area contributed by atoms with Crippen LogP contribution in [0.5, 0.6) is 0 Å². The lowest BCUT2D eigenvalue weighted by atomic mass is 9.88. The summed E-state index contributed by atoms with van der Waals surface area (Å²) in [7, 11) is 0. The van der Waals surface area contributed by atoms with Crippen LogP contribution in [-0.4, -0.2) is 29.1 Å². The fraction of sp³-hybridized carbons (Fsp3) is 0.375. The number of benzene rings is 1. The van der Waals surface area contributed by atoms with E-state index in [0.29, 0.717) is 37.4 Å². The van der Waals surface area contributed by atoms with Gasteiger partial charge in [-0.15, -0.1) is 0 Å². The smallest absolute Gasteiger partial charge is 0.252 e. The summed E-state index contributed by atoms with van der Waals surface area (Å²) in [5.41, 5.74) is 0.611. The molecule has 1 aromatic carbocycles. The molecule has 5 nitrogen and oxygen atoms in total. The second-order valence-corrected chi connectivity index (χ2v) is 6.10. The SMILES string of the molecule is Cc1cnc(C2(NC(=O)c3ccc(F)c(Cl)c3)CCOCC2)[nH]1. The summed E-state index contributed by atoms with van der Waals surface area (Å²) in [5.74, 6) is -0.159. The van der Waals surface area contributed by atoms with E-state index in [4.69, 9.17) is 16.3 Å². The Bertz CT molecular complexity index is 726. The molecule has 2 aromatic rings. The number of carbonyl (C=O) groups is 1. The van der Waals surface area contributed by atoms with Gasteiger partial charge in [-0.2, -0.15) is 0 Å². The zero-order valence-corrected chi connectivity index (χ0v) is 13.4. The molecule has 0 bridgehead atoms. The number of hydrogen-bond acceptors (Lipinski definition) is 3. The third-order valence-electron chi connectivity index (χ3n) is 4.04. The molecule has 1 fully saturated rings. The summed E-state index contributed by atoms with van der Waals surface area (Å²) >= 11 is 5.76. The number of amides is 1. The highest BCUT2D eigenvalue weighted by molar-refractivity contribution is 6.31. The average molecular weight is 338 g/mol. The van der Waals surface area contributed by atoms with E-state index in [0.717, 1.165) is 5.69 Å².